The van der Waals surface area contributed by atoms with Crippen molar-refractivity contribution in [1.29, 1.82) is 0 Å². The minimum absolute atomic E-state index is 0.0851. The first-order valence-electron chi connectivity index (χ1n) is 8.20. The van der Waals surface area contributed by atoms with Crippen LogP contribution in [0.4, 0.5) is 10.1 Å². The van der Waals surface area contributed by atoms with Crippen LogP contribution in [0.25, 0.3) is 11.0 Å². The molecule has 0 radical (unpaired) electrons. The highest BCUT2D eigenvalue weighted by molar-refractivity contribution is 7.99. The molecule has 27 heavy (non-hydrogen) atoms. The largest absolute Gasteiger partial charge is 0.423 e. The summed E-state index contributed by atoms with van der Waals surface area (Å²) in [4.78, 5) is 23.9. The fraction of sp³-hybridized carbons (Fsp3) is 0.200. The molecule has 1 heterocycles. The van der Waals surface area contributed by atoms with Gasteiger partial charge in [-0.15, -0.1) is 11.8 Å². The van der Waals surface area contributed by atoms with Crippen molar-refractivity contribution in [3.63, 3.8) is 0 Å². The number of rotatable bonds is 5. The Labute approximate surface area is 164 Å². The summed E-state index contributed by atoms with van der Waals surface area (Å²) in [6.07, 6.45) is 0. The second-order valence-electron chi connectivity index (χ2n) is 6.19. The third-order valence-corrected chi connectivity index (χ3v) is 5.36. The van der Waals surface area contributed by atoms with Gasteiger partial charge in [-0.3, -0.25) is 4.79 Å². The summed E-state index contributed by atoms with van der Waals surface area (Å²) in [6, 6.07) is 9.34. The molecular formula is C20H17ClFNO3S. The van der Waals surface area contributed by atoms with Crippen molar-refractivity contribution >= 4 is 45.9 Å². The van der Waals surface area contributed by atoms with Crippen LogP contribution in [0.5, 0.6) is 0 Å². The first kappa shape index (κ1) is 19.5. The molecule has 0 spiro atoms. The summed E-state index contributed by atoms with van der Waals surface area (Å²) in [5.74, 6) is -0.339. The van der Waals surface area contributed by atoms with Gasteiger partial charge in [0.25, 0.3) is 0 Å². The van der Waals surface area contributed by atoms with Gasteiger partial charge in [0, 0.05) is 22.2 Å². The predicted molar refractivity (Wildman–Crippen MR) is 108 cm³/mol. The van der Waals surface area contributed by atoms with Crippen molar-refractivity contribution in [3.8, 4) is 0 Å². The number of anilines is 1. The van der Waals surface area contributed by atoms with E-state index in [9.17, 15) is 14.0 Å². The molecular weight excluding hydrogens is 389 g/mol. The summed E-state index contributed by atoms with van der Waals surface area (Å²) in [5, 5.41) is 3.64. The first-order chi connectivity index (χ1) is 12.8. The van der Waals surface area contributed by atoms with E-state index in [1.807, 2.05) is 26.0 Å². The smallest absolute Gasteiger partial charge is 0.336 e. The molecule has 3 rings (SSSR count). The maximum Gasteiger partial charge on any atom is 0.336 e. The molecule has 0 unspecified atom stereocenters. The first-order valence-corrected chi connectivity index (χ1v) is 9.73. The van der Waals surface area contributed by atoms with Crippen LogP contribution in [-0.4, -0.2) is 11.7 Å². The van der Waals surface area contributed by atoms with E-state index in [2.05, 4.69) is 5.32 Å². The Balaban J connectivity index is 1.69. The van der Waals surface area contributed by atoms with E-state index in [1.54, 1.807) is 0 Å². The van der Waals surface area contributed by atoms with Crippen LogP contribution in [-0.2, 0) is 10.5 Å². The van der Waals surface area contributed by atoms with Gasteiger partial charge in [0.1, 0.15) is 11.4 Å². The van der Waals surface area contributed by atoms with Crippen molar-refractivity contribution in [2.75, 3.05) is 11.1 Å². The number of nitrogens with one attached hydrogen (secondary N) is 1. The Morgan fingerprint density at radius 3 is 2.67 bits per heavy atom. The Morgan fingerprint density at radius 2 is 1.93 bits per heavy atom. The van der Waals surface area contributed by atoms with Gasteiger partial charge in [-0.05, 0) is 60.9 Å². The Morgan fingerprint density at radius 1 is 1.19 bits per heavy atom. The van der Waals surface area contributed by atoms with Crippen molar-refractivity contribution in [1.82, 2.24) is 0 Å². The average molecular weight is 406 g/mol. The van der Waals surface area contributed by atoms with Crippen LogP contribution in [0.3, 0.4) is 0 Å². The number of benzene rings is 2. The van der Waals surface area contributed by atoms with Crippen LogP contribution in [0.15, 0.2) is 45.6 Å². The number of aryl methyl sites for hydroxylation is 2. The van der Waals surface area contributed by atoms with E-state index in [0.717, 1.165) is 28.1 Å². The standard InChI is InChI=1S/C20H17ClFNO3S/c1-11-5-15-13(7-20(25)26-18(15)6-12(11)2)9-27-10-19(24)23-17-4-3-14(21)8-16(17)22/h3-8H,9-10H2,1-2H3,(H,23,24). The van der Waals surface area contributed by atoms with Gasteiger partial charge in [0.05, 0.1) is 11.4 Å². The van der Waals surface area contributed by atoms with Gasteiger partial charge < -0.3 is 9.73 Å². The minimum Gasteiger partial charge on any atom is -0.423 e. The van der Waals surface area contributed by atoms with Crippen molar-refractivity contribution < 1.29 is 13.6 Å². The Bertz CT molecular complexity index is 1080. The minimum atomic E-state index is -0.585. The highest BCUT2D eigenvalue weighted by atomic mass is 35.5. The summed E-state index contributed by atoms with van der Waals surface area (Å²) < 4.78 is 19.0. The van der Waals surface area contributed by atoms with E-state index in [1.165, 1.54) is 30.0 Å². The number of carbonyl (C=O) groups is 1. The number of hydrogen-bond acceptors (Lipinski definition) is 4. The SMILES string of the molecule is Cc1cc2oc(=O)cc(CSCC(=O)Nc3ccc(Cl)cc3F)c2cc1C. The van der Waals surface area contributed by atoms with Crippen molar-refractivity contribution in [2.24, 2.45) is 0 Å². The molecule has 1 amide bonds. The Kier molecular flexibility index (Phi) is 5.87. The molecule has 2 aromatic carbocycles. The third kappa shape index (κ3) is 4.70. The van der Waals surface area contributed by atoms with Gasteiger partial charge >= 0.3 is 5.63 Å². The van der Waals surface area contributed by atoms with Gasteiger partial charge in [-0.2, -0.15) is 0 Å². The zero-order valence-corrected chi connectivity index (χ0v) is 16.3. The number of carbonyl (C=O) groups excluding carboxylic acids is 1. The molecule has 0 aliphatic rings. The molecule has 0 saturated heterocycles. The fourth-order valence-corrected chi connectivity index (χ4v) is 3.61. The molecule has 3 aromatic rings. The average Bonchev–Trinajstić information content (AvgIpc) is 2.59. The lowest BCUT2D eigenvalue weighted by molar-refractivity contribution is -0.113. The van der Waals surface area contributed by atoms with Crippen molar-refractivity contribution in [3.05, 3.63) is 74.3 Å². The fourth-order valence-electron chi connectivity index (χ4n) is 2.63. The maximum absolute atomic E-state index is 13.7. The topological polar surface area (TPSA) is 59.3 Å². The summed E-state index contributed by atoms with van der Waals surface area (Å²) in [7, 11) is 0. The molecule has 4 nitrogen and oxygen atoms in total. The molecule has 1 N–H and O–H groups in total. The lowest BCUT2D eigenvalue weighted by Gasteiger charge is -2.09. The van der Waals surface area contributed by atoms with Crippen LogP contribution in [0.1, 0.15) is 16.7 Å². The van der Waals surface area contributed by atoms with Gasteiger partial charge in [-0.25, -0.2) is 9.18 Å². The summed E-state index contributed by atoms with van der Waals surface area (Å²) in [5.41, 5.74) is 3.14. The number of halogens is 2. The predicted octanol–water partition coefficient (Wildman–Crippen LogP) is 5.07. The highest BCUT2D eigenvalue weighted by Gasteiger charge is 2.11. The molecule has 7 heteroatoms. The summed E-state index contributed by atoms with van der Waals surface area (Å²) >= 11 is 7.03. The van der Waals surface area contributed by atoms with Gasteiger partial charge in [0.2, 0.25) is 5.91 Å². The molecule has 140 valence electrons. The zero-order valence-electron chi connectivity index (χ0n) is 14.8. The molecule has 0 atom stereocenters. The second kappa shape index (κ2) is 8.15. The van der Waals surface area contributed by atoms with Crippen LogP contribution in [0.2, 0.25) is 5.02 Å². The number of hydrogen-bond donors (Lipinski definition) is 1. The molecule has 0 fully saturated rings. The van der Waals surface area contributed by atoms with Crippen LogP contribution < -0.4 is 10.9 Å². The van der Waals surface area contributed by atoms with E-state index in [-0.39, 0.29) is 22.4 Å². The van der Waals surface area contributed by atoms with Crippen LogP contribution >= 0.6 is 23.4 Å². The quantitative estimate of drug-likeness (QED) is 0.602. The van der Waals surface area contributed by atoms with E-state index >= 15 is 0 Å². The number of thioether (sulfide) groups is 1. The van der Waals surface area contributed by atoms with E-state index in [4.69, 9.17) is 16.0 Å². The maximum atomic E-state index is 13.7. The third-order valence-electron chi connectivity index (χ3n) is 4.14. The van der Waals surface area contributed by atoms with E-state index < -0.39 is 11.4 Å². The van der Waals surface area contributed by atoms with Gasteiger partial charge in [0.15, 0.2) is 0 Å². The second-order valence-corrected chi connectivity index (χ2v) is 7.61. The molecule has 0 bridgehead atoms. The number of fused-ring (bicyclic) bond motifs is 1. The normalized spacial score (nSPS) is 11.0. The van der Waals surface area contributed by atoms with Crippen LogP contribution in [0, 0.1) is 19.7 Å². The highest BCUT2D eigenvalue weighted by Crippen LogP contribution is 2.25. The number of amides is 1. The Hall–Kier alpha value is -2.31. The molecule has 0 aliphatic heterocycles. The van der Waals surface area contributed by atoms with Crippen molar-refractivity contribution in [2.45, 2.75) is 19.6 Å². The summed E-state index contributed by atoms with van der Waals surface area (Å²) in [6.45, 7) is 3.95. The lowest BCUT2D eigenvalue weighted by atomic mass is 10.0. The lowest BCUT2D eigenvalue weighted by Crippen LogP contribution is -2.15. The molecule has 1 aromatic heterocycles. The zero-order chi connectivity index (χ0) is 19.6. The van der Waals surface area contributed by atoms with E-state index in [0.29, 0.717) is 11.3 Å². The monoisotopic (exact) mass is 405 g/mol. The molecule has 0 aliphatic carbocycles. The molecule has 0 saturated carbocycles. The van der Waals surface area contributed by atoms with Gasteiger partial charge in [-0.1, -0.05) is 11.6 Å².